The maximum Gasteiger partial charge on any atom is 0.142 e. The topological polar surface area (TPSA) is 16.4 Å². The van der Waals surface area contributed by atoms with Gasteiger partial charge in [-0.2, -0.15) is 0 Å². The van der Waals surface area contributed by atoms with E-state index in [1.54, 1.807) is 0 Å². The Morgan fingerprint density at radius 3 is 2.07 bits per heavy atom. The maximum absolute atomic E-state index is 6.74. The average Bonchev–Trinajstić information content (AvgIpc) is 4.10. The van der Waals surface area contributed by atoms with Crippen LogP contribution in [0.4, 0.5) is 17.1 Å². The molecule has 2 heteroatoms. The van der Waals surface area contributed by atoms with Crippen molar-refractivity contribution in [2.75, 3.05) is 4.90 Å². The van der Waals surface area contributed by atoms with Gasteiger partial charge < -0.3 is 9.32 Å². The molecule has 0 amide bonds. The summed E-state index contributed by atoms with van der Waals surface area (Å²) in [6.07, 6.45) is 22.6. The van der Waals surface area contributed by atoms with Gasteiger partial charge in [0, 0.05) is 33.6 Å². The van der Waals surface area contributed by atoms with E-state index < -0.39 is 5.41 Å². The summed E-state index contributed by atoms with van der Waals surface area (Å²) in [5.41, 5.74) is 25.2. The highest BCUT2D eigenvalue weighted by atomic mass is 16.3. The summed E-state index contributed by atoms with van der Waals surface area (Å²) in [6, 6.07) is 67.5. The van der Waals surface area contributed by atoms with Crippen molar-refractivity contribution in [3.8, 4) is 44.5 Å². The summed E-state index contributed by atoms with van der Waals surface area (Å²) in [4.78, 5) is 2.41. The summed E-state index contributed by atoms with van der Waals surface area (Å²) in [5, 5.41) is 1.22. The lowest BCUT2D eigenvalue weighted by Gasteiger charge is -2.36. The van der Waals surface area contributed by atoms with E-state index >= 15 is 0 Å². The second-order valence-corrected chi connectivity index (χ2v) is 19.3. The predicted octanol–water partition coefficient (Wildman–Crippen LogP) is 18.5. The predicted molar refractivity (Wildman–Crippen MR) is 298 cm³/mol. The average molecular weight is 912 g/mol. The first-order chi connectivity index (χ1) is 35.1. The first-order valence-corrected chi connectivity index (χ1v) is 25.2. The molecule has 0 spiro atoms. The lowest BCUT2D eigenvalue weighted by molar-refractivity contribution is 0.596. The summed E-state index contributed by atoms with van der Waals surface area (Å²) < 4.78 is 6.74. The van der Waals surface area contributed by atoms with Gasteiger partial charge in [-0.1, -0.05) is 189 Å². The van der Waals surface area contributed by atoms with E-state index in [-0.39, 0.29) is 0 Å². The fourth-order valence-corrected chi connectivity index (χ4v) is 12.3. The minimum atomic E-state index is -0.548. The van der Waals surface area contributed by atoms with Crippen molar-refractivity contribution in [1.29, 1.82) is 0 Å². The van der Waals surface area contributed by atoms with Crippen LogP contribution in [0.2, 0.25) is 0 Å². The molecule has 13 rings (SSSR count). The molecule has 0 N–H and O–H groups in total. The van der Waals surface area contributed by atoms with Gasteiger partial charge >= 0.3 is 0 Å². The Bertz CT molecular complexity index is 3740. The highest BCUT2D eigenvalue weighted by Gasteiger charge is 2.47. The molecule has 0 aliphatic heterocycles. The van der Waals surface area contributed by atoms with Crippen molar-refractivity contribution < 1.29 is 4.42 Å². The van der Waals surface area contributed by atoms with Gasteiger partial charge in [-0.05, 0) is 171 Å². The number of rotatable bonds is 10. The number of anilines is 3. The molecular weight excluding hydrogens is 859 g/mol. The molecule has 4 aliphatic rings. The molecule has 340 valence electrons. The fourth-order valence-electron chi connectivity index (χ4n) is 12.3. The maximum atomic E-state index is 6.74. The van der Waals surface area contributed by atoms with Crippen molar-refractivity contribution in [1.82, 2.24) is 0 Å². The lowest BCUT2D eigenvalue weighted by atomic mass is 9.66. The van der Waals surface area contributed by atoms with E-state index in [0.717, 1.165) is 77.2 Å². The first-order valence-electron chi connectivity index (χ1n) is 25.2. The van der Waals surface area contributed by atoms with Crippen molar-refractivity contribution in [2.24, 2.45) is 0 Å². The van der Waals surface area contributed by atoms with Gasteiger partial charge in [-0.25, -0.2) is 0 Å². The standard InChI is InChI=1S/C69H53NO/c1-3-4-7-20-46(2)69(50-22-8-5-9-23-50)65-33-16-14-27-58(65)59-42-40-53(45-66(59)69)70(51-24-10-6-11-25-51)52-38-35-47(36-39-52)48-37-41-57(61-31-19-32-62-60-28-15-17-34-67(60)71-68(61)62)63(43-48)56-30-18-29-55-54-26-13-12-21-49(54)44-64(55)56/h3-13,16-26,29-43,45H,2,14-15,27-28,44H2,1H3/b4-3-,20-7-. The molecule has 8 aromatic carbocycles. The number of hydrogen-bond acceptors (Lipinski definition) is 2. The zero-order chi connectivity index (χ0) is 47.5. The van der Waals surface area contributed by atoms with Crippen molar-refractivity contribution in [2.45, 2.75) is 44.4 Å². The molecule has 0 fully saturated rings. The Labute approximate surface area is 417 Å². The molecule has 71 heavy (non-hydrogen) atoms. The van der Waals surface area contributed by atoms with Crippen LogP contribution in [-0.4, -0.2) is 0 Å². The van der Waals surface area contributed by atoms with Crippen LogP contribution < -0.4 is 4.90 Å². The Morgan fingerprint density at radius 2 is 1.23 bits per heavy atom. The molecule has 0 bridgehead atoms. The van der Waals surface area contributed by atoms with Gasteiger partial charge in [0.2, 0.25) is 0 Å². The quantitative estimate of drug-likeness (QED) is 0.127. The third-order valence-corrected chi connectivity index (χ3v) is 15.5. The number of furan rings is 1. The zero-order valence-electron chi connectivity index (χ0n) is 40.0. The zero-order valence-corrected chi connectivity index (χ0v) is 40.0. The lowest BCUT2D eigenvalue weighted by Crippen LogP contribution is -2.30. The third-order valence-electron chi connectivity index (χ3n) is 15.5. The van der Waals surface area contributed by atoms with Crippen LogP contribution in [0.25, 0.3) is 67.1 Å². The number of aryl methyl sites for hydroxylation is 1. The Kier molecular flexibility index (Phi) is 10.5. The first kappa shape index (κ1) is 42.6. The summed E-state index contributed by atoms with van der Waals surface area (Å²) in [6.45, 7) is 6.93. The molecule has 1 atom stereocenters. The highest BCUT2D eigenvalue weighted by Crippen LogP contribution is 2.58. The smallest absolute Gasteiger partial charge is 0.142 e. The van der Waals surface area contributed by atoms with Gasteiger partial charge in [-0.3, -0.25) is 0 Å². The number of benzene rings is 8. The Hall–Kier alpha value is -8.46. The van der Waals surface area contributed by atoms with E-state index in [2.05, 4.69) is 242 Å². The monoisotopic (exact) mass is 911 g/mol. The van der Waals surface area contributed by atoms with Crippen LogP contribution in [-0.2, 0) is 18.3 Å². The number of fused-ring (bicyclic) bond motifs is 8. The molecule has 0 saturated heterocycles. The second kappa shape index (κ2) is 17.5. The molecular formula is C69H53NO. The van der Waals surface area contributed by atoms with Crippen LogP contribution in [0.5, 0.6) is 0 Å². The fraction of sp³-hybridized carbons (Fsp3) is 0.101. The number of allylic oxidation sites excluding steroid dienone is 10. The van der Waals surface area contributed by atoms with E-state index in [1.807, 2.05) is 0 Å². The highest BCUT2D eigenvalue weighted by molar-refractivity contribution is 6.02. The number of hydrogen-bond donors (Lipinski definition) is 0. The Balaban J connectivity index is 0.943. The van der Waals surface area contributed by atoms with E-state index in [9.17, 15) is 0 Å². The van der Waals surface area contributed by atoms with Crippen LogP contribution in [0, 0.1) is 0 Å². The van der Waals surface area contributed by atoms with Gasteiger partial charge in [0.05, 0.1) is 5.41 Å². The molecule has 1 aromatic heterocycles. The normalized spacial score (nSPS) is 16.4. The van der Waals surface area contributed by atoms with Gasteiger partial charge in [0.15, 0.2) is 0 Å². The summed E-state index contributed by atoms with van der Waals surface area (Å²) in [7, 11) is 0. The van der Waals surface area contributed by atoms with Gasteiger partial charge in [0.25, 0.3) is 0 Å². The second-order valence-electron chi connectivity index (χ2n) is 19.3. The summed E-state index contributed by atoms with van der Waals surface area (Å²) >= 11 is 0. The van der Waals surface area contributed by atoms with Crippen molar-refractivity contribution >= 4 is 39.7 Å². The summed E-state index contributed by atoms with van der Waals surface area (Å²) in [5.74, 6) is 0.989. The van der Waals surface area contributed by atoms with E-state index in [1.165, 1.54) is 83.3 Å². The van der Waals surface area contributed by atoms with E-state index in [4.69, 9.17) is 11.0 Å². The molecule has 1 heterocycles. The minimum absolute atomic E-state index is 0.548. The Morgan fingerprint density at radius 1 is 0.549 bits per heavy atom. The number of nitrogens with zero attached hydrogens (tertiary/aromatic N) is 1. The van der Waals surface area contributed by atoms with Crippen LogP contribution in [0.15, 0.2) is 247 Å². The van der Waals surface area contributed by atoms with Crippen LogP contribution in [0.1, 0.15) is 65.3 Å². The van der Waals surface area contributed by atoms with Gasteiger partial charge in [0.1, 0.15) is 11.3 Å². The third kappa shape index (κ3) is 6.92. The molecule has 4 aliphatic carbocycles. The van der Waals surface area contributed by atoms with Crippen molar-refractivity contribution in [3.05, 3.63) is 281 Å². The van der Waals surface area contributed by atoms with E-state index in [0.29, 0.717) is 0 Å². The van der Waals surface area contributed by atoms with Crippen molar-refractivity contribution in [3.63, 3.8) is 0 Å². The molecule has 1 unspecified atom stereocenters. The minimum Gasteiger partial charge on any atom is -0.456 e. The van der Waals surface area contributed by atoms with Gasteiger partial charge in [-0.15, -0.1) is 0 Å². The largest absolute Gasteiger partial charge is 0.456 e. The molecule has 2 nitrogen and oxygen atoms in total. The molecule has 0 radical (unpaired) electrons. The molecule has 0 saturated carbocycles. The molecule has 9 aromatic rings. The van der Waals surface area contributed by atoms with Crippen LogP contribution >= 0.6 is 0 Å². The van der Waals surface area contributed by atoms with Crippen LogP contribution in [0.3, 0.4) is 0 Å². The number of para-hydroxylation sites is 2. The SMILES string of the molecule is C=C(/C=C\C=C/C)C1(c2ccccc2)C2=C(CCC=C2)c2ccc(N(c3ccccc3)c3ccc(-c4ccc(-c5cccc6c7c(oc56)C=CCC7)c(-c5cccc6c5Cc5ccccc5-6)c4)cc3)cc21.